The van der Waals surface area contributed by atoms with Crippen LogP contribution in [0.15, 0.2) is 58.7 Å². The maximum Gasteiger partial charge on any atom is 0.107 e. The summed E-state index contributed by atoms with van der Waals surface area (Å²) >= 11 is 0. The monoisotopic (exact) mass is 533 g/mol. The molecule has 39 heavy (non-hydrogen) atoms. The summed E-state index contributed by atoms with van der Waals surface area (Å²) in [6.07, 6.45) is 15.4. The molecule has 1 aromatic carbocycles. The molecular formula is C32H51N7. The molecule has 214 valence electrons. The fraction of sp³-hybridized carbons (Fsp3) is 0.625. The molecule has 0 radical (unpaired) electrons. The normalized spacial score (nSPS) is 20.3. The fourth-order valence-electron chi connectivity index (χ4n) is 5.58. The Morgan fingerprint density at radius 2 is 1.77 bits per heavy atom. The van der Waals surface area contributed by atoms with Crippen LogP contribution in [0.4, 0.5) is 0 Å². The van der Waals surface area contributed by atoms with Crippen molar-refractivity contribution in [2.24, 2.45) is 10.7 Å². The number of nitrogens with zero attached hydrogens (tertiary/aromatic N) is 3. The summed E-state index contributed by atoms with van der Waals surface area (Å²) < 4.78 is 0. The van der Waals surface area contributed by atoms with Crippen LogP contribution in [0.3, 0.4) is 0 Å². The average Bonchev–Trinajstić information content (AvgIpc) is 2.96. The number of aliphatic imine (C=N–C) groups is 1. The molecule has 7 nitrogen and oxygen atoms in total. The average molecular weight is 534 g/mol. The summed E-state index contributed by atoms with van der Waals surface area (Å²) in [5.41, 5.74) is 13.4. The number of piperazine rings is 1. The Bertz CT molecular complexity index is 976. The third-order valence-electron chi connectivity index (χ3n) is 8.04. The summed E-state index contributed by atoms with van der Waals surface area (Å²) in [5, 5.41) is 10.6. The highest BCUT2D eigenvalue weighted by Crippen LogP contribution is 2.17. The number of nitrogens with two attached hydrogens (primary N) is 1. The molecular weight excluding hydrogens is 482 g/mol. The van der Waals surface area contributed by atoms with Crippen molar-refractivity contribution < 1.29 is 0 Å². The van der Waals surface area contributed by atoms with Gasteiger partial charge in [-0.25, -0.2) is 0 Å². The van der Waals surface area contributed by atoms with Crippen molar-refractivity contribution in [1.29, 1.82) is 0 Å². The number of benzene rings is 1. The second-order valence-corrected chi connectivity index (χ2v) is 11.2. The van der Waals surface area contributed by atoms with Crippen molar-refractivity contribution in [2.45, 2.75) is 83.8 Å². The van der Waals surface area contributed by atoms with Gasteiger partial charge in [0, 0.05) is 51.3 Å². The zero-order chi connectivity index (χ0) is 27.1. The molecule has 0 bridgehead atoms. The molecule has 0 spiro atoms. The van der Waals surface area contributed by atoms with Crippen LogP contribution in [0.1, 0.15) is 75.8 Å². The minimum Gasteiger partial charge on any atom is -0.385 e. The summed E-state index contributed by atoms with van der Waals surface area (Å²) in [7, 11) is 0. The highest BCUT2D eigenvalue weighted by molar-refractivity contribution is 5.85. The summed E-state index contributed by atoms with van der Waals surface area (Å²) in [4.78, 5) is 9.76. The number of nitrogens with one attached hydrogen (secondary N) is 3. The van der Waals surface area contributed by atoms with E-state index < -0.39 is 0 Å². The van der Waals surface area contributed by atoms with E-state index in [1.165, 1.54) is 69.0 Å². The van der Waals surface area contributed by atoms with Crippen molar-refractivity contribution in [3.8, 4) is 0 Å². The molecule has 3 aliphatic rings. The first-order chi connectivity index (χ1) is 19.2. The number of hydrogen-bond donors (Lipinski definition) is 4. The molecule has 1 aliphatic carbocycles. The molecule has 7 heteroatoms. The van der Waals surface area contributed by atoms with Crippen molar-refractivity contribution in [3.05, 3.63) is 64.8 Å². The van der Waals surface area contributed by atoms with E-state index in [1.54, 1.807) is 0 Å². The number of amidine groups is 1. The van der Waals surface area contributed by atoms with E-state index in [1.807, 2.05) is 6.08 Å². The van der Waals surface area contributed by atoms with Gasteiger partial charge in [-0.15, -0.1) is 0 Å². The zero-order valence-electron chi connectivity index (χ0n) is 24.2. The molecule has 2 heterocycles. The molecule has 1 saturated heterocycles. The van der Waals surface area contributed by atoms with Crippen molar-refractivity contribution in [3.63, 3.8) is 0 Å². The number of unbranched alkanes of at least 4 members (excludes halogenated alkanes) is 1. The minimum atomic E-state index is 0.633. The lowest BCUT2D eigenvalue weighted by Gasteiger charge is -2.36. The maximum atomic E-state index is 6.33. The number of hydrogen-bond acceptors (Lipinski definition) is 6. The summed E-state index contributed by atoms with van der Waals surface area (Å²) in [5.74, 6) is 1.51. The smallest absolute Gasteiger partial charge is 0.107 e. The van der Waals surface area contributed by atoms with Crippen LogP contribution >= 0.6 is 0 Å². The Hall–Kier alpha value is -2.57. The molecule has 2 aliphatic heterocycles. The molecule has 0 amide bonds. The zero-order valence-corrected chi connectivity index (χ0v) is 24.2. The lowest BCUT2D eigenvalue weighted by atomic mass is 9.95. The van der Waals surface area contributed by atoms with Gasteiger partial charge in [0.05, 0.1) is 12.2 Å². The van der Waals surface area contributed by atoms with Crippen molar-refractivity contribution in [2.75, 3.05) is 45.8 Å². The highest BCUT2D eigenvalue weighted by atomic mass is 15.3. The van der Waals surface area contributed by atoms with Crippen LogP contribution in [0, 0.1) is 0 Å². The third-order valence-corrected chi connectivity index (χ3v) is 8.04. The Morgan fingerprint density at radius 1 is 1.00 bits per heavy atom. The van der Waals surface area contributed by atoms with Crippen LogP contribution in [0.5, 0.6) is 0 Å². The van der Waals surface area contributed by atoms with E-state index in [4.69, 9.17) is 10.7 Å². The van der Waals surface area contributed by atoms with Gasteiger partial charge >= 0.3 is 0 Å². The molecule has 1 aromatic rings. The second-order valence-electron chi connectivity index (χ2n) is 11.2. The molecule has 0 unspecified atom stereocenters. The fourth-order valence-corrected chi connectivity index (χ4v) is 5.58. The molecule has 0 aromatic heterocycles. The Kier molecular flexibility index (Phi) is 12.5. The lowest BCUT2D eigenvalue weighted by Crippen LogP contribution is -2.46. The largest absolute Gasteiger partial charge is 0.385 e. The standard InChI is InChI=1S/C32H51N7/c1-2-3-19-38-20-22-39(23-21-38)30-11-7-12-32(37-31(33)24-30)36-26-28-15-13-27(14-16-28)25-34-17-8-18-35-29-9-5-4-6-10-29/h7,13-16,24,29,34-35H,2-6,8-10,12,17-23,25-26,33H2,1H3,(H,36,37). The molecule has 5 N–H and O–H groups in total. The maximum absolute atomic E-state index is 6.33. The van der Waals surface area contributed by atoms with Gasteiger partial charge in [0.15, 0.2) is 0 Å². The van der Waals surface area contributed by atoms with E-state index >= 15 is 0 Å². The first-order valence-electron chi connectivity index (χ1n) is 15.4. The van der Waals surface area contributed by atoms with Gasteiger partial charge in [-0.05, 0) is 62.5 Å². The van der Waals surface area contributed by atoms with Gasteiger partial charge < -0.3 is 26.6 Å². The SMILES string of the molecule is CCCCN1CCN(C2=C=CCC(=NCc3ccc(CNCCCNC4CCCCC4)cc3)NC(N)=C2)CC1. The van der Waals surface area contributed by atoms with Crippen LogP contribution in [-0.4, -0.2) is 67.5 Å². The number of rotatable bonds is 13. The molecule has 2 fully saturated rings. The first kappa shape index (κ1) is 29.4. The van der Waals surface area contributed by atoms with Gasteiger partial charge in [0.25, 0.3) is 0 Å². The van der Waals surface area contributed by atoms with Crippen LogP contribution in [0.25, 0.3) is 0 Å². The predicted molar refractivity (Wildman–Crippen MR) is 163 cm³/mol. The van der Waals surface area contributed by atoms with Gasteiger partial charge in [-0.1, -0.05) is 62.6 Å². The molecule has 0 atom stereocenters. The van der Waals surface area contributed by atoms with Crippen LogP contribution in [0.2, 0.25) is 0 Å². The molecule has 1 saturated carbocycles. The topological polar surface area (TPSA) is 81.0 Å². The van der Waals surface area contributed by atoms with E-state index in [0.29, 0.717) is 18.8 Å². The minimum absolute atomic E-state index is 0.633. The van der Waals surface area contributed by atoms with Crippen molar-refractivity contribution in [1.82, 2.24) is 25.8 Å². The predicted octanol–water partition coefficient (Wildman–Crippen LogP) is 4.24. The van der Waals surface area contributed by atoms with Gasteiger partial charge in [-0.3, -0.25) is 9.89 Å². The first-order valence-corrected chi connectivity index (χ1v) is 15.4. The van der Waals surface area contributed by atoms with Gasteiger partial charge in [0.1, 0.15) is 11.7 Å². The summed E-state index contributed by atoms with van der Waals surface area (Å²) in [6.45, 7) is 11.4. The van der Waals surface area contributed by atoms with E-state index in [2.05, 4.69) is 68.7 Å². The lowest BCUT2D eigenvalue weighted by molar-refractivity contribution is 0.160. The van der Waals surface area contributed by atoms with Crippen LogP contribution in [-0.2, 0) is 13.1 Å². The van der Waals surface area contributed by atoms with Crippen LogP contribution < -0.4 is 21.7 Å². The second kappa shape index (κ2) is 16.5. The highest BCUT2D eigenvalue weighted by Gasteiger charge is 2.18. The third kappa shape index (κ3) is 10.5. The van der Waals surface area contributed by atoms with E-state index in [9.17, 15) is 0 Å². The van der Waals surface area contributed by atoms with Crippen molar-refractivity contribution >= 4 is 5.84 Å². The van der Waals surface area contributed by atoms with E-state index in [-0.39, 0.29) is 0 Å². The van der Waals surface area contributed by atoms with E-state index in [0.717, 1.165) is 63.4 Å². The quantitative estimate of drug-likeness (QED) is 0.224. The molecule has 4 rings (SSSR count). The van der Waals surface area contributed by atoms with Gasteiger partial charge in [0.2, 0.25) is 0 Å². The Labute approximate surface area is 236 Å². The summed E-state index contributed by atoms with van der Waals surface area (Å²) in [6, 6.07) is 9.54. The Morgan fingerprint density at radius 3 is 2.54 bits per heavy atom. The Balaban J connectivity index is 1.17. The van der Waals surface area contributed by atoms with Gasteiger partial charge in [-0.2, -0.15) is 0 Å².